The normalized spacial score (nSPS) is 23.7. The molecule has 0 aromatic heterocycles. The number of carbonyl (C=O) groups is 2. The number of carbonyl (C=O) groups excluding carboxylic acids is 1. The van der Waals surface area contributed by atoms with Crippen LogP contribution in [0.5, 0.6) is 11.5 Å². The first-order chi connectivity index (χ1) is 11.8. The molecule has 3 atom stereocenters. The van der Waals surface area contributed by atoms with E-state index in [1.165, 1.54) is 4.90 Å². The topological polar surface area (TPSA) is 133 Å². The molecule has 1 aromatic rings. The van der Waals surface area contributed by atoms with E-state index in [1.807, 2.05) is 7.85 Å². The molecule has 1 aliphatic heterocycles. The molecule has 0 bridgehead atoms. The summed E-state index contributed by atoms with van der Waals surface area (Å²) in [4.78, 5) is 24.8. The molecule has 5 N–H and O–H groups in total. The van der Waals surface area contributed by atoms with E-state index in [-0.39, 0.29) is 48.1 Å². The molecule has 134 valence electrons. The first-order valence-electron chi connectivity index (χ1n) is 8.24. The number of benzene rings is 1. The van der Waals surface area contributed by atoms with Gasteiger partial charge in [0.2, 0.25) is 5.91 Å². The third kappa shape index (κ3) is 3.29. The van der Waals surface area contributed by atoms with Crippen molar-refractivity contribution in [2.75, 3.05) is 19.7 Å². The van der Waals surface area contributed by atoms with Gasteiger partial charge in [0.15, 0.2) is 0 Å². The molecule has 2 aliphatic rings. The summed E-state index contributed by atoms with van der Waals surface area (Å²) in [6.07, 6.45) is 0.551. The quantitative estimate of drug-likeness (QED) is 0.480. The van der Waals surface area contributed by atoms with E-state index >= 15 is 0 Å². The molecule has 1 saturated carbocycles. The molecular formula is C16H21BN2O6. The highest BCUT2D eigenvalue weighted by Gasteiger charge is 2.39. The lowest BCUT2D eigenvalue weighted by atomic mass is 9.95. The number of likely N-dealkylation sites (tertiary alicyclic amines) is 1. The van der Waals surface area contributed by atoms with E-state index in [2.05, 4.69) is 0 Å². The van der Waals surface area contributed by atoms with Crippen molar-refractivity contribution in [1.82, 2.24) is 4.90 Å². The van der Waals surface area contributed by atoms with Crippen LogP contribution in [0.15, 0.2) is 12.1 Å². The van der Waals surface area contributed by atoms with Crippen LogP contribution in [0, 0.1) is 0 Å². The molecular weight excluding hydrogens is 327 g/mol. The average molecular weight is 348 g/mol. The monoisotopic (exact) mass is 348 g/mol. The Balaban J connectivity index is 1.70. The van der Waals surface area contributed by atoms with Crippen molar-refractivity contribution in [1.29, 1.82) is 0 Å². The van der Waals surface area contributed by atoms with Crippen LogP contribution in [-0.2, 0) is 4.79 Å². The number of nitrogens with two attached hydrogens (primary N) is 1. The van der Waals surface area contributed by atoms with Gasteiger partial charge >= 0.3 is 5.97 Å². The molecule has 1 saturated heterocycles. The lowest BCUT2D eigenvalue weighted by Crippen LogP contribution is -2.60. The van der Waals surface area contributed by atoms with Gasteiger partial charge < -0.3 is 30.7 Å². The zero-order valence-corrected chi connectivity index (χ0v) is 13.9. The Hall–Kier alpha value is -2.26. The first-order valence-corrected chi connectivity index (χ1v) is 8.24. The van der Waals surface area contributed by atoms with Crippen molar-refractivity contribution in [3.05, 3.63) is 23.3 Å². The number of phenols is 1. The summed E-state index contributed by atoms with van der Waals surface area (Å²) in [5, 5.41) is 28.7. The van der Waals surface area contributed by atoms with Crippen molar-refractivity contribution in [2.24, 2.45) is 5.73 Å². The Labute approximate surface area is 145 Å². The summed E-state index contributed by atoms with van der Waals surface area (Å²) < 4.78 is 5.66. The van der Waals surface area contributed by atoms with Crippen LogP contribution >= 0.6 is 0 Å². The largest absolute Gasteiger partial charge is 0.507 e. The zero-order valence-electron chi connectivity index (χ0n) is 13.9. The van der Waals surface area contributed by atoms with Gasteiger partial charge in [-0.1, -0.05) is 18.3 Å². The number of carboxylic acids is 1. The van der Waals surface area contributed by atoms with Crippen LogP contribution in [0.1, 0.15) is 28.3 Å². The number of hydrogen-bond donors (Lipinski definition) is 4. The summed E-state index contributed by atoms with van der Waals surface area (Å²) in [6.45, 7) is 0.0838. The Kier molecular flexibility index (Phi) is 4.61. The van der Waals surface area contributed by atoms with E-state index in [0.29, 0.717) is 11.4 Å². The maximum Gasteiger partial charge on any atom is 0.343 e. The highest BCUT2D eigenvalue weighted by atomic mass is 16.5. The second-order valence-electron chi connectivity index (χ2n) is 6.77. The molecule has 8 nitrogen and oxygen atoms in total. The van der Waals surface area contributed by atoms with Crippen LogP contribution < -0.4 is 10.5 Å². The minimum absolute atomic E-state index is 0.0885. The van der Waals surface area contributed by atoms with E-state index in [1.54, 1.807) is 12.1 Å². The molecule has 1 aromatic carbocycles. The van der Waals surface area contributed by atoms with Crippen molar-refractivity contribution >= 4 is 19.7 Å². The van der Waals surface area contributed by atoms with Crippen LogP contribution in [0.4, 0.5) is 0 Å². The second-order valence-corrected chi connectivity index (χ2v) is 6.77. The summed E-state index contributed by atoms with van der Waals surface area (Å²) >= 11 is 0. The number of nitrogens with zero attached hydrogens (tertiary/aromatic N) is 1. The summed E-state index contributed by atoms with van der Waals surface area (Å²) in [6, 6.07) is 2.31. The maximum atomic E-state index is 11.8. The Bertz CT molecular complexity index is 706. The smallest absolute Gasteiger partial charge is 0.343 e. The Morgan fingerprint density at radius 2 is 2.04 bits per heavy atom. The molecule has 1 heterocycles. The predicted octanol–water partition coefficient (Wildman–Crippen LogP) is -1.09. The SMILES string of the molecule is BC1CC1c1ccc(OC2CN(C(=O)[C@@H](N)CO)C2)c(C(=O)O)c1O. The minimum atomic E-state index is -1.25. The number of aliphatic hydroxyl groups excluding tert-OH is 1. The number of hydrogen-bond acceptors (Lipinski definition) is 6. The fraction of sp³-hybridized carbons (Fsp3) is 0.500. The number of aromatic hydroxyl groups is 1. The van der Waals surface area contributed by atoms with Gasteiger partial charge in [-0.3, -0.25) is 4.79 Å². The van der Waals surface area contributed by atoms with Gasteiger partial charge in [0.25, 0.3) is 0 Å². The Morgan fingerprint density at radius 1 is 1.40 bits per heavy atom. The Morgan fingerprint density at radius 3 is 2.56 bits per heavy atom. The van der Waals surface area contributed by atoms with Crippen LogP contribution in [0.2, 0.25) is 5.82 Å². The maximum absolute atomic E-state index is 11.8. The minimum Gasteiger partial charge on any atom is -0.507 e. The number of amides is 1. The van der Waals surface area contributed by atoms with Crippen molar-refractivity contribution < 1.29 is 29.6 Å². The van der Waals surface area contributed by atoms with Crippen LogP contribution in [0.3, 0.4) is 0 Å². The van der Waals surface area contributed by atoms with Gasteiger partial charge in [-0.2, -0.15) is 0 Å². The fourth-order valence-electron chi connectivity index (χ4n) is 3.13. The molecule has 3 rings (SSSR count). The molecule has 9 heteroatoms. The molecule has 0 radical (unpaired) electrons. The molecule has 1 aliphatic carbocycles. The summed E-state index contributed by atoms with van der Waals surface area (Å²) in [7, 11) is 2.05. The number of carboxylic acid groups (broad SMARTS) is 1. The van der Waals surface area contributed by atoms with Crippen molar-refractivity contribution in [3.8, 4) is 11.5 Å². The van der Waals surface area contributed by atoms with E-state index < -0.39 is 18.6 Å². The molecule has 2 unspecified atom stereocenters. The molecule has 25 heavy (non-hydrogen) atoms. The number of ether oxygens (including phenoxy) is 1. The summed E-state index contributed by atoms with van der Waals surface area (Å²) in [5.41, 5.74) is 5.87. The highest BCUT2D eigenvalue weighted by Crippen LogP contribution is 2.54. The second kappa shape index (κ2) is 6.57. The van der Waals surface area contributed by atoms with Gasteiger partial charge in [-0.25, -0.2) is 4.79 Å². The van der Waals surface area contributed by atoms with Gasteiger partial charge in [0, 0.05) is 0 Å². The molecule has 0 spiro atoms. The lowest BCUT2D eigenvalue weighted by molar-refractivity contribution is -0.142. The summed E-state index contributed by atoms with van der Waals surface area (Å²) in [5.74, 6) is -1.16. The van der Waals surface area contributed by atoms with Gasteiger partial charge in [-0.05, 0) is 17.5 Å². The first kappa shape index (κ1) is 17.6. The number of aromatic carboxylic acids is 1. The third-order valence-electron chi connectivity index (χ3n) is 4.86. The number of rotatable bonds is 6. The van der Waals surface area contributed by atoms with Gasteiger partial charge in [-0.15, -0.1) is 0 Å². The van der Waals surface area contributed by atoms with Crippen molar-refractivity contribution in [3.63, 3.8) is 0 Å². The van der Waals surface area contributed by atoms with E-state index in [0.717, 1.165) is 6.42 Å². The van der Waals surface area contributed by atoms with Gasteiger partial charge in [0.1, 0.15) is 37.1 Å². The molecule has 1 amide bonds. The zero-order chi connectivity index (χ0) is 18.3. The van der Waals surface area contributed by atoms with E-state index in [9.17, 15) is 19.8 Å². The van der Waals surface area contributed by atoms with Crippen molar-refractivity contribution in [2.45, 2.75) is 30.3 Å². The molecule has 2 fully saturated rings. The lowest BCUT2D eigenvalue weighted by Gasteiger charge is -2.40. The number of aliphatic hydroxyl groups is 1. The highest BCUT2D eigenvalue weighted by molar-refractivity contribution is 6.14. The van der Waals surface area contributed by atoms with Crippen LogP contribution in [-0.4, -0.2) is 71.8 Å². The third-order valence-corrected chi connectivity index (χ3v) is 4.86. The fourth-order valence-corrected chi connectivity index (χ4v) is 3.13. The van der Waals surface area contributed by atoms with Crippen LogP contribution in [0.25, 0.3) is 0 Å². The average Bonchev–Trinajstić information content (AvgIpc) is 3.25. The van der Waals surface area contributed by atoms with E-state index in [4.69, 9.17) is 15.6 Å². The predicted molar refractivity (Wildman–Crippen MR) is 90.8 cm³/mol. The standard InChI is InChI=1S/C16H21BN2O6/c17-10-3-9(10)8-1-2-12(13(14(8)21)16(23)24)25-7-4-19(5-7)15(22)11(18)6-20/h1-2,7,9-11,20-21H,3-6,17-18H2,(H,23,24)/t9?,10?,11-/m0/s1. The van der Waals surface area contributed by atoms with Gasteiger partial charge in [0.05, 0.1) is 19.7 Å².